The van der Waals surface area contributed by atoms with Gasteiger partial charge in [0.05, 0.1) is 12.6 Å². The maximum atomic E-state index is 9.54. The Bertz CT molecular complexity index is 367. The third-order valence-corrected chi connectivity index (χ3v) is 3.58. The third kappa shape index (κ3) is 2.61. The molecule has 0 amide bonds. The van der Waals surface area contributed by atoms with Gasteiger partial charge in [0, 0.05) is 25.3 Å². The summed E-state index contributed by atoms with van der Waals surface area (Å²) >= 11 is 0. The van der Waals surface area contributed by atoms with E-state index in [1.807, 2.05) is 0 Å². The van der Waals surface area contributed by atoms with Crippen LogP contribution in [0.2, 0.25) is 0 Å². The van der Waals surface area contributed by atoms with Crippen molar-refractivity contribution in [1.29, 1.82) is 0 Å². The number of likely N-dealkylation sites (N-methyl/N-ethyl adjacent to an activating group) is 1. The molecule has 0 radical (unpaired) electrons. The molecule has 1 aromatic rings. The van der Waals surface area contributed by atoms with Crippen LogP contribution >= 0.6 is 0 Å². The molecule has 0 bridgehead atoms. The van der Waals surface area contributed by atoms with E-state index in [4.69, 9.17) is 0 Å². The molecule has 1 aromatic carbocycles. The summed E-state index contributed by atoms with van der Waals surface area (Å²) in [6, 6.07) is 8.75. The topological polar surface area (TPSA) is 26.7 Å². The molecule has 2 rings (SSSR count). The zero-order chi connectivity index (χ0) is 12.3. The number of benzene rings is 1. The Kier molecular flexibility index (Phi) is 4.02. The van der Waals surface area contributed by atoms with E-state index in [1.165, 1.54) is 11.3 Å². The average molecular weight is 234 g/mol. The number of anilines is 1. The number of nitrogens with zero attached hydrogens (tertiary/aromatic N) is 2. The van der Waals surface area contributed by atoms with Crippen molar-refractivity contribution in [3.8, 4) is 0 Å². The SMILES string of the molecule is CCc1ccccc1N1CCN(C)CC1CO. The number of hydrogen-bond acceptors (Lipinski definition) is 3. The molecule has 0 saturated carbocycles. The molecular weight excluding hydrogens is 212 g/mol. The molecule has 3 heteroatoms. The van der Waals surface area contributed by atoms with E-state index >= 15 is 0 Å². The standard InChI is InChI=1S/C14H22N2O/c1-3-12-6-4-5-7-14(12)16-9-8-15(2)10-13(16)11-17/h4-7,13,17H,3,8-11H2,1-2H3. The molecule has 0 aliphatic carbocycles. The Morgan fingerprint density at radius 1 is 1.29 bits per heavy atom. The molecule has 1 saturated heterocycles. The molecule has 1 aliphatic rings. The summed E-state index contributed by atoms with van der Waals surface area (Å²) in [6.45, 7) is 5.41. The summed E-state index contributed by atoms with van der Waals surface area (Å²) in [5.41, 5.74) is 2.66. The lowest BCUT2D eigenvalue weighted by Crippen LogP contribution is -2.53. The normalized spacial score (nSPS) is 21.8. The second-order valence-corrected chi connectivity index (χ2v) is 4.77. The van der Waals surface area contributed by atoms with Crippen molar-refractivity contribution in [2.45, 2.75) is 19.4 Å². The lowest BCUT2D eigenvalue weighted by molar-refractivity contribution is 0.191. The van der Waals surface area contributed by atoms with Crippen molar-refractivity contribution in [3.63, 3.8) is 0 Å². The highest BCUT2D eigenvalue weighted by Gasteiger charge is 2.25. The van der Waals surface area contributed by atoms with Crippen LogP contribution in [0, 0.1) is 0 Å². The number of aryl methyl sites for hydroxylation is 1. The minimum Gasteiger partial charge on any atom is -0.394 e. The second-order valence-electron chi connectivity index (χ2n) is 4.77. The number of rotatable bonds is 3. The van der Waals surface area contributed by atoms with Crippen LogP contribution in [-0.2, 0) is 6.42 Å². The van der Waals surface area contributed by atoms with Crippen LogP contribution in [0.4, 0.5) is 5.69 Å². The fourth-order valence-electron chi connectivity index (χ4n) is 2.57. The second kappa shape index (κ2) is 5.52. The van der Waals surface area contributed by atoms with Crippen LogP contribution < -0.4 is 4.90 Å². The van der Waals surface area contributed by atoms with E-state index in [-0.39, 0.29) is 12.6 Å². The minimum atomic E-state index is 0.224. The largest absolute Gasteiger partial charge is 0.394 e. The van der Waals surface area contributed by atoms with E-state index in [1.54, 1.807) is 0 Å². The van der Waals surface area contributed by atoms with Crippen LogP contribution in [0.25, 0.3) is 0 Å². The molecule has 1 unspecified atom stereocenters. The lowest BCUT2D eigenvalue weighted by atomic mass is 10.1. The van der Waals surface area contributed by atoms with Gasteiger partial charge in [-0.1, -0.05) is 25.1 Å². The van der Waals surface area contributed by atoms with Gasteiger partial charge >= 0.3 is 0 Å². The summed E-state index contributed by atoms with van der Waals surface area (Å²) in [6.07, 6.45) is 1.04. The number of hydrogen-bond donors (Lipinski definition) is 1. The molecule has 17 heavy (non-hydrogen) atoms. The maximum Gasteiger partial charge on any atom is 0.0648 e. The molecule has 0 spiro atoms. The monoisotopic (exact) mass is 234 g/mol. The van der Waals surface area contributed by atoms with Crippen LogP contribution in [0.15, 0.2) is 24.3 Å². The van der Waals surface area contributed by atoms with Crippen LogP contribution in [0.5, 0.6) is 0 Å². The summed E-state index contributed by atoms with van der Waals surface area (Å²) in [4.78, 5) is 4.64. The molecule has 1 heterocycles. The highest BCUT2D eigenvalue weighted by atomic mass is 16.3. The van der Waals surface area contributed by atoms with Gasteiger partial charge in [-0.2, -0.15) is 0 Å². The average Bonchev–Trinajstić information content (AvgIpc) is 2.38. The summed E-state index contributed by atoms with van der Waals surface area (Å²) < 4.78 is 0. The first-order valence-corrected chi connectivity index (χ1v) is 6.40. The van der Waals surface area contributed by atoms with Gasteiger partial charge in [-0.05, 0) is 25.1 Å². The van der Waals surface area contributed by atoms with Gasteiger partial charge in [0.25, 0.3) is 0 Å². The Morgan fingerprint density at radius 3 is 2.76 bits per heavy atom. The number of piperazine rings is 1. The zero-order valence-electron chi connectivity index (χ0n) is 10.8. The number of aliphatic hydroxyl groups is 1. The molecule has 3 nitrogen and oxygen atoms in total. The van der Waals surface area contributed by atoms with Crippen molar-refractivity contribution in [3.05, 3.63) is 29.8 Å². The number of para-hydroxylation sites is 1. The van der Waals surface area contributed by atoms with Gasteiger partial charge in [-0.3, -0.25) is 0 Å². The molecule has 1 atom stereocenters. The van der Waals surface area contributed by atoms with Gasteiger partial charge < -0.3 is 14.9 Å². The summed E-state index contributed by atoms with van der Waals surface area (Å²) in [5.74, 6) is 0. The quantitative estimate of drug-likeness (QED) is 0.855. The fraction of sp³-hybridized carbons (Fsp3) is 0.571. The highest BCUT2D eigenvalue weighted by Crippen LogP contribution is 2.24. The third-order valence-electron chi connectivity index (χ3n) is 3.58. The van der Waals surface area contributed by atoms with Crippen LogP contribution in [0.3, 0.4) is 0 Å². The number of aliphatic hydroxyl groups excluding tert-OH is 1. The fourth-order valence-corrected chi connectivity index (χ4v) is 2.57. The van der Waals surface area contributed by atoms with E-state index in [0.717, 1.165) is 26.1 Å². The van der Waals surface area contributed by atoms with E-state index in [9.17, 15) is 5.11 Å². The first-order valence-electron chi connectivity index (χ1n) is 6.40. The van der Waals surface area contributed by atoms with Crippen molar-refractivity contribution in [1.82, 2.24) is 4.90 Å². The first kappa shape index (κ1) is 12.4. The van der Waals surface area contributed by atoms with Crippen LogP contribution in [0.1, 0.15) is 12.5 Å². The van der Waals surface area contributed by atoms with Crippen molar-refractivity contribution in [2.24, 2.45) is 0 Å². The van der Waals surface area contributed by atoms with Crippen molar-refractivity contribution >= 4 is 5.69 Å². The first-order chi connectivity index (χ1) is 8.26. The van der Waals surface area contributed by atoms with Gasteiger partial charge in [0.1, 0.15) is 0 Å². The lowest BCUT2D eigenvalue weighted by Gasteiger charge is -2.41. The van der Waals surface area contributed by atoms with Gasteiger partial charge in [-0.15, -0.1) is 0 Å². The molecule has 1 N–H and O–H groups in total. The Balaban J connectivity index is 2.25. The van der Waals surface area contributed by atoms with E-state index in [2.05, 4.69) is 48.0 Å². The maximum absolute atomic E-state index is 9.54. The zero-order valence-corrected chi connectivity index (χ0v) is 10.8. The molecule has 0 aromatic heterocycles. The smallest absolute Gasteiger partial charge is 0.0648 e. The predicted octanol–water partition coefficient (Wildman–Crippen LogP) is 1.36. The van der Waals surface area contributed by atoms with Gasteiger partial charge in [0.2, 0.25) is 0 Å². The minimum absolute atomic E-state index is 0.224. The highest BCUT2D eigenvalue weighted by molar-refractivity contribution is 5.55. The Hall–Kier alpha value is -1.06. The predicted molar refractivity (Wildman–Crippen MR) is 71.5 cm³/mol. The van der Waals surface area contributed by atoms with Crippen molar-refractivity contribution < 1.29 is 5.11 Å². The van der Waals surface area contributed by atoms with E-state index < -0.39 is 0 Å². The van der Waals surface area contributed by atoms with Gasteiger partial charge in [0.15, 0.2) is 0 Å². The Morgan fingerprint density at radius 2 is 2.06 bits per heavy atom. The Labute approximate surface area is 104 Å². The molecule has 1 fully saturated rings. The van der Waals surface area contributed by atoms with Crippen LogP contribution in [-0.4, -0.2) is 49.3 Å². The summed E-state index contributed by atoms with van der Waals surface area (Å²) in [7, 11) is 2.12. The molecular formula is C14H22N2O. The van der Waals surface area contributed by atoms with Gasteiger partial charge in [-0.25, -0.2) is 0 Å². The van der Waals surface area contributed by atoms with E-state index in [0.29, 0.717) is 0 Å². The molecule has 1 aliphatic heterocycles. The molecule has 94 valence electrons. The van der Waals surface area contributed by atoms with Crippen molar-refractivity contribution in [2.75, 3.05) is 38.2 Å². The summed E-state index contributed by atoms with van der Waals surface area (Å²) in [5, 5.41) is 9.54.